The predicted octanol–water partition coefficient (Wildman–Crippen LogP) is 3.32. The number of benzene rings is 1. The standard InChI is InChI=1S/C17H20N/c1-12-7-5-9-14-15(12)16-13(11-17(14,2)3)8-6-10-18(16)4/h5-10H,11H2,1-4H3/q+1. The van der Waals surface area contributed by atoms with Crippen molar-refractivity contribution in [2.24, 2.45) is 7.05 Å². The summed E-state index contributed by atoms with van der Waals surface area (Å²) in [5.74, 6) is 0. The molecule has 1 aromatic heterocycles. The fourth-order valence-electron chi connectivity index (χ4n) is 3.27. The average Bonchev–Trinajstić information content (AvgIpc) is 2.29. The number of pyridine rings is 1. The second kappa shape index (κ2) is 3.68. The minimum absolute atomic E-state index is 0.225. The molecule has 92 valence electrons. The molecule has 1 aliphatic carbocycles. The second-order valence-corrected chi connectivity index (χ2v) is 6.05. The van der Waals surface area contributed by atoms with Gasteiger partial charge < -0.3 is 0 Å². The highest BCUT2D eigenvalue weighted by atomic mass is 14.9. The molecular formula is C17H20N+. The summed E-state index contributed by atoms with van der Waals surface area (Å²) in [6.45, 7) is 6.92. The van der Waals surface area contributed by atoms with Crippen LogP contribution in [0.1, 0.15) is 30.5 Å². The average molecular weight is 238 g/mol. The highest BCUT2D eigenvalue weighted by Gasteiger charge is 2.35. The molecule has 0 saturated carbocycles. The van der Waals surface area contributed by atoms with Crippen molar-refractivity contribution in [3.8, 4) is 11.3 Å². The number of aryl methyl sites for hydroxylation is 2. The maximum atomic E-state index is 2.35. The van der Waals surface area contributed by atoms with Crippen molar-refractivity contribution in [1.29, 1.82) is 0 Å². The quantitative estimate of drug-likeness (QED) is 0.620. The SMILES string of the molecule is Cc1cccc2c1-c1c(ccc[n+]1C)CC2(C)C. The molecule has 0 unspecified atom stereocenters. The Hall–Kier alpha value is -1.63. The van der Waals surface area contributed by atoms with Gasteiger partial charge in [-0.25, -0.2) is 4.57 Å². The molecule has 0 amide bonds. The van der Waals surface area contributed by atoms with E-state index in [9.17, 15) is 0 Å². The van der Waals surface area contributed by atoms with Gasteiger partial charge >= 0.3 is 0 Å². The molecule has 0 atom stereocenters. The number of hydrogen-bond donors (Lipinski definition) is 0. The lowest BCUT2D eigenvalue weighted by Crippen LogP contribution is -2.37. The molecule has 0 N–H and O–H groups in total. The van der Waals surface area contributed by atoms with E-state index in [4.69, 9.17) is 0 Å². The summed E-state index contributed by atoms with van der Waals surface area (Å²) in [5.41, 5.74) is 7.38. The van der Waals surface area contributed by atoms with E-state index in [-0.39, 0.29) is 5.41 Å². The van der Waals surface area contributed by atoms with Gasteiger partial charge in [0.25, 0.3) is 0 Å². The Morgan fingerprint density at radius 2 is 1.89 bits per heavy atom. The van der Waals surface area contributed by atoms with Gasteiger partial charge in [-0.1, -0.05) is 32.0 Å². The van der Waals surface area contributed by atoms with E-state index in [1.807, 2.05) is 0 Å². The number of aromatic nitrogens is 1. The monoisotopic (exact) mass is 238 g/mol. The molecule has 0 radical (unpaired) electrons. The van der Waals surface area contributed by atoms with Gasteiger partial charge in [-0.05, 0) is 36.0 Å². The summed E-state index contributed by atoms with van der Waals surface area (Å²) in [7, 11) is 2.15. The van der Waals surface area contributed by atoms with E-state index in [1.54, 1.807) is 0 Å². The lowest BCUT2D eigenvalue weighted by molar-refractivity contribution is -0.661. The van der Waals surface area contributed by atoms with Crippen molar-refractivity contribution < 1.29 is 4.57 Å². The lowest BCUT2D eigenvalue weighted by Gasteiger charge is -2.33. The van der Waals surface area contributed by atoms with Crippen molar-refractivity contribution in [3.63, 3.8) is 0 Å². The van der Waals surface area contributed by atoms with Crippen LogP contribution in [0.3, 0.4) is 0 Å². The summed E-state index contributed by atoms with van der Waals surface area (Å²) < 4.78 is 2.26. The zero-order valence-electron chi connectivity index (χ0n) is 11.6. The highest BCUT2D eigenvalue weighted by Crippen LogP contribution is 2.42. The van der Waals surface area contributed by atoms with Gasteiger partial charge in [-0.3, -0.25) is 0 Å². The van der Waals surface area contributed by atoms with Crippen molar-refractivity contribution in [2.75, 3.05) is 0 Å². The van der Waals surface area contributed by atoms with E-state index >= 15 is 0 Å². The van der Waals surface area contributed by atoms with E-state index in [0.29, 0.717) is 0 Å². The van der Waals surface area contributed by atoms with Crippen molar-refractivity contribution >= 4 is 0 Å². The molecule has 1 aromatic carbocycles. The number of nitrogens with zero attached hydrogens (tertiary/aromatic N) is 1. The van der Waals surface area contributed by atoms with Gasteiger partial charge in [-0.2, -0.15) is 0 Å². The first-order chi connectivity index (χ1) is 8.50. The third-order valence-electron chi connectivity index (χ3n) is 4.14. The second-order valence-electron chi connectivity index (χ2n) is 6.05. The van der Waals surface area contributed by atoms with Crippen LogP contribution in [0.15, 0.2) is 36.5 Å². The van der Waals surface area contributed by atoms with Crippen LogP contribution in [0.2, 0.25) is 0 Å². The Bertz CT molecular complexity index is 624. The van der Waals surface area contributed by atoms with Crippen molar-refractivity contribution in [2.45, 2.75) is 32.6 Å². The molecule has 18 heavy (non-hydrogen) atoms. The summed E-state index contributed by atoms with van der Waals surface area (Å²) in [5, 5.41) is 0. The summed E-state index contributed by atoms with van der Waals surface area (Å²) >= 11 is 0. The minimum atomic E-state index is 0.225. The van der Waals surface area contributed by atoms with Gasteiger partial charge in [0.05, 0.1) is 5.56 Å². The smallest absolute Gasteiger partial charge is 0.201 e. The first-order valence-corrected chi connectivity index (χ1v) is 6.59. The van der Waals surface area contributed by atoms with Gasteiger partial charge in [-0.15, -0.1) is 0 Å². The lowest BCUT2D eigenvalue weighted by atomic mass is 9.70. The number of rotatable bonds is 0. The molecule has 1 heteroatoms. The van der Waals surface area contributed by atoms with Crippen LogP contribution in [0.4, 0.5) is 0 Å². The fourth-order valence-corrected chi connectivity index (χ4v) is 3.27. The molecule has 1 aliphatic rings. The van der Waals surface area contributed by atoms with Crippen LogP contribution in [-0.2, 0) is 18.9 Å². The molecule has 0 spiro atoms. The Morgan fingerprint density at radius 1 is 1.11 bits per heavy atom. The molecule has 0 bridgehead atoms. The normalized spacial score (nSPS) is 16.0. The Balaban J connectivity index is 2.42. The van der Waals surface area contributed by atoms with Crippen LogP contribution >= 0.6 is 0 Å². The molecular weight excluding hydrogens is 218 g/mol. The van der Waals surface area contributed by atoms with E-state index in [2.05, 4.69) is 68.9 Å². The predicted molar refractivity (Wildman–Crippen MR) is 74.5 cm³/mol. The Morgan fingerprint density at radius 3 is 2.67 bits per heavy atom. The minimum Gasteiger partial charge on any atom is -0.201 e. The third kappa shape index (κ3) is 1.50. The van der Waals surface area contributed by atoms with E-state index in [1.165, 1.54) is 27.9 Å². The zero-order chi connectivity index (χ0) is 12.9. The molecule has 0 fully saturated rings. The summed E-state index contributed by atoms with van der Waals surface area (Å²) in [6, 6.07) is 11.1. The largest absolute Gasteiger partial charge is 0.216 e. The van der Waals surface area contributed by atoms with E-state index < -0.39 is 0 Å². The molecule has 1 nitrogen and oxygen atoms in total. The summed E-state index contributed by atoms with van der Waals surface area (Å²) in [4.78, 5) is 0. The van der Waals surface area contributed by atoms with Crippen LogP contribution < -0.4 is 4.57 Å². The van der Waals surface area contributed by atoms with E-state index in [0.717, 1.165) is 6.42 Å². The molecule has 0 aliphatic heterocycles. The molecule has 3 rings (SSSR count). The van der Waals surface area contributed by atoms with Crippen molar-refractivity contribution in [3.05, 3.63) is 53.2 Å². The topological polar surface area (TPSA) is 3.88 Å². The zero-order valence-corrected chi connectivity index (χ0v) is 11.6. The maximum absolute atomic E-state index is 2.35. The number of hydrogen-bond acceptors (Lipinski definition) is 0. The van der Waals surface area contributed by atoms with Crippen LogP contribution in [0, 0.1) is 6.92 Å². The third-order valence-corrected chi connectivity index (χ3v) is 4.14. The van der Waals surface area contributed by atoms with Crippen LogP contribution in [-0.4, -0.2) is 0 Å². The van der Waals surface area contributed by atoms with Gasteiger partial charge in [0.15, 0.2) is 6.20 Å². The van der Waals surface area contributed by atoms with Gasteiger partial charge in [0.1, 0.15) is 7.05 Å². The highest BCUT2D eigenvalue weighted by molar-refractivity contribution is 5.72. The van der Waals surface area contributed by atoms with Crippen molar-refractivity contribution in [1.82, 2.24) is 0 Å². The Kier molecular flexibility index (Phi) is 2.34. The van der Waals surface area contributed by atoms with Crippen LogP contribution in [0.5, 0.6) is 0 Å². The molecule has 0 saturated heterocycles. The first kappa shape index (κ1) is 11.5. The first-order valence-electron chi connectivity index (χ1n) is 6.59. The molecule has 2 aromatic rings. The summed E-state index contributed by atoms with van der Waals surface area (Å²) in [6.07, 6.45) is 3.26. The number of fused-ring (bicyclic) bond motifs is 3. The van der Waals surface area contributed by atoms with Gasteiger partial charge in [0.2, 0.25) is 5.69 Å². The fraction of sp³-hybridized carbons (Fsp3) is 0.353. The van der Waals surface area contributed by atoms with Crippen LogP contribution in [0.25, 0.3) is 11.3 Å². The Labute approximate surface area is 109 Å². The molecule has 1 heterocycles. The van der Waals surface area contributed by atoms with Gasteiger partial charge in [0, 0.05) is 11.6 Å². The maximum Gasteiger partial charge on any atom is 0.216 e.